The van der Waals surface area contributed by atoms with E-state index in [1.807, 2.05) is 9.80 Å². The summed E-state index contributed by atoms with van der Waals surface area (Å²) in [7, 11) is 1.70. The summed E-state index contributed by atoms with van der Waals surface area (Å²) in [5, 5.41) is 0. The van der Waals surface area contributed by atoms with Crippen molar-refractivity contribution in [2.24, 2.45) is 10.9 Å². The standard InChI is InChI=1S/C19H24FN5O2/c1-12(2)8-9-25-17(26)15-16(22(3)19(25)27)21-18-23(10-11-24(15)18)14-6-4-13(20)5-7-14/h4-7,12,15-16H,8-11H2,1-3H3. The molecule has 7 nitrogen and oxygen atoms in total. The van der Waals surface area contributed by atoms with Crippen molar-refractivity contribution in [3.05, 3.63) is 30.1 Å². The van der Waals surface area contributed by atoms with Crippen LogP contribution in [0.3, 0.4) is 0 Å². The van der Waals surface area contributed by atoms with Crippen molar-refractivity contribution in [1.29, 1.82) is 0 Å². The highest BCUT2D eigenvalue weighted by molar-refractivity contribution is 6.07. The highest BCUT2D eigenvalue weighted by Crippen LogP contribution is 2.33. The molecule has 144 valence electrons. The van der Waals surface area contributed by atoms with E-state index in [4.69, 9.17) is 4.99 Å². The number of rotatable bonds is 4. The molecule has 2 atom stereocenters. The molecule has 3 aliphatic rings. The molecule has 1 aromatic rings. The summed E-state index contributed by atoms with van der Waals surface area (Å²) in [4.78, 5) is 37.4. The maximum atomic E-state index is 13.2. The Hall–Kier alpha value is -2.64. The molecular weight excluding hydrogens is 349 g/mol. The summed E-state index contributed by atoms with van der Waals surface area (Å²) >= 11 is 0. The van der Waals surface area contributed by atoms with Gasteiger partial charge in [-0.1, -0.05) is 13.8 Å². The molecule has 3 aliphatic heterocycles. The second kappa shape index (κ2) is 6.51. The van der Waals surface area contributed by atoms with Crippen LogP contribution < -0.4 is 4.90 Å². The molecule has 0 radical (unpaired) electrons. The molecule has 2 fully saturated rings. The van der Waals surface area contributed by atoms with Crippen molar-refractivity contribution in [3.8, 4) is 0 Å². The molecule has 0 saturated carbocycles. The Labute approximate surface area is 158 Å². The van der Waals surface area contributed by atoms with Gasteiger partial charge in [0.25, 0.3) is 5.91 Å². The van der Waals surface area contributed by atoms with Crippen LogP contribution in [0.4, 0.5) is 14.9 Å². The largest absolute Gasteiger partial charge is 0.328 e. The van der Waals surface area contributed by atoms with Gasteiger partial charge >= 0.3 is 6.03 Å². The lowest BCUT2D eigenvalue weighted by atomic mass is 10.1. The van der Waals surface area contributed by atoms with Crippen LogP contribution in [-0.4, -0.2) is 71.5 Å². The van der Waals surface area contributed by atoms with Crippen LogP contribution in [0.25, 0.3) is 0 Å². The number of halogens is 1. The zero-order valence-electron chi connectivity index (χ0n) is 15.8. The van der Waals surface area contributed by atoms with E-state index in [0.717, 1.165) is 12.1 Å². The van der Waals surface area contributed by atoms with Gasteiger partial charge in [0.2, 0.25) is 5.96 Å². The predicted molar refractivity (Wildman–Crippen MR) is 99.8 cm³/mol. The van der Waals surface area contributed by atoms with Gasteiger partial charge in [0.15, 0.2) is 12.2 Å². The molecule has 8 heteroatoms. The van der Waals surface area contributed by atoms with Crippen LogP contribution in [-0.2, 0) is 4.79 Å². The Kier molecular flexibility index (Phi) is 4.28. The number of fused-ring (bicyclic) bond motifs is 3. The lowest BCUT2D eigenvalue weighted by Crippen LogP contribution is -2.64. The van der Waals surface area contributed by atoms with E-state index in [0.29, 0.717) is 31.5 Å². The third-order valence-electron chi connectivity index (χ3n) is 5.45. The van der Waals surface area contributed by atoms with E-state index in [1.54, 1.807) is 24.1 Å². The summed E-state index contributed by atoms with van der Waals surface area (Å²) in [6.07, 6.45) is 0.261. The average molecular weight is 373 g/mol. The maximum absolute atomic E-state index is 13.2. The maximum Gasteiger partial charge on any atom is 0.328 e. The molecule has 3 amide bonds. The monoisotopic (exact) mass is 373 g/mol. The van der Waals surface area contributed by atoms with Gasteiger partial charge in [-0.25, -0.2) is 14.2 Å². The van der Waals surface area contributed by atoms with E-state index < -0.39 is 12.2 Å². The Balaban J connectivity index is 1.61. The average Bonchev–Trinajstić information content (AvgIpc) is 3.19. The second-order valence-corrected chi connectivity index (χ2v) is 7.67. The normalized spacial score (nSPS) is 24.7. The number of benzene rings is 1. The van der Waals surface area contributed by atoms with Crippen LogP contribution in [0.15, 0.2) is 29.3 Å². The zero-order chi connectivity index (χ0) is 19.3. The van der Waals surface area contributed by atoms with Crippen molar-refractivity contribution in [3.63, 3.8) is 0 Å². The van der Waals surface area contributed by atoms with E-state index in [9.17, 15) is 14.0 Å². The van der Waals surface area contributed by atoms with Gasteiger partial charge in [-0.15, -0.1) is 0 Å². The summed E-state index contributed by atoms with van der Waals surface area (Å²) in [5.74, 6) is 0.613. The minimum Gasteiger partial charge on any atom is -0.325 e. The molecule has 2 saturated heterocycles. The SMILES string of the molecule is CC(C)CCN1C(=O)C2C(N=C3N(c4ccc(F)cc4)CCN32)N(C)C1=O. The third kappa shape index (κ3) is 2.83. The second-order valence-electron chi connectivity index (χ2n) is 7.67. The molecule has 0 aliphatic carbocycles. The Morgan fingerprint density at radius 1 is 1.19 bits per heavy atom. The highest BCUT2D eigenvalue weighted by Gasteiger charge is 2.54. The summed E-state index contributed by atoms with van der Waals surface area (Å²) in [6.45, 7) is 5.88. The minimum atomic E-state index is -0.515. The molecule has 1 aromatic carbocycles. The summed E-state index contributed by atoms with van der Waals surface area (Å²) in [6, 6.07) is 5.45. The lowest BCUT2D eigenvalue weighted by molar-refractivity contribution is -0.137. The number of likely N-dealkylation sites (N-methyl/N-ethyl adjacent to an activating group) is 1. The number of carbonyl (C=O) groups excluding carboxylic acids is 2. The predicted octanol–water partition coefficient (Wildman–Crippen LogP) is 1.95. The van der Waals surface area contributed by atoms with Gasteiger partial charge in [-0.2, -0.15) is 0 Å². The number of aliphatic imine (C=N–C) groups is 1. The van der Waals surface area contributed by atoms with Gasteiger partial charge in [0.05, 0.1) is 0 Å². The molecule has 0 aromatic heterocycles. The van der Waals surface area contributed by atoms with Crippen LogP contribution in [0.2, 0.25) is 0 Å². The summed E-state index contributed by atoms with van der Waals surface area (Å²) in [5.41, 5.74) is 0.828. The van der Waals surface area contributed by atoms with Gasteiger partial charge in [-0.3, -0.25) is 9.69 Å². The van der Waals surface area contributed by atoms with Crippen LogP contribution >= 0.6 is 0 Å². The zero-order valence-corrected chi connectivity index (χ0v) is 15.8. The number of amides is 3. The molecule has 0 spiro atoms. The van der Waals surface area contributed by atoms with Gasteiger partial charge in [-0.05, 0) is 36.6 Å². The van der Waals surface area contributed by atoms with E-state index in [2.05, 4.69) is 13.8 Å². The van der Waals surface area contributed by atoms with E-state index in [1.165, 1.54) is 17.0 Å². The number of hydrogen-bond donors (Lipinski definition) is 0. The number of imide groups is 1. The first-order valence-electron chi connectivity index (χ1n) is 9.34. The Morgan fingerprint density at radius 3 is 2.56 bits per heavy atom. The molecule has 27 heavy (non-hydrogen) atoms. The molecule has 4 rings (SSSR count). The molecular formula is C19H24FN5O2. The van der Waals surface area contributed by atoms with Crippen molar-refractivity contribution < 1.29 is 14.0 Å². The molecule has 0 bridgehead atoms. The van der Waals surface area contributed by atoms with Crippen molar-refractivity contribution in [1.82, 2.24) is 14.7 Å². The number of urea groups is 1. The van der Waals surface area contributed by atoms with Crippen LogP contribution in [0, 0.1) is 11.7 Å². The molecule has 0 N–H and O–H groups in total. The van der Waals surface area contributed by atoms with Crippen molar-refractivity contribution in [2.45, 2.75) is 32.5 Å². The number of guanidine groups is 1. The number of hydrogen-bond acceptors (Lipinski definition) is 5. The fourth-order valence-electron chi connectivity index (χ4n) is 3.90. The van der Waals surface area contributed by atoms with Gasteiger partial charge in [0.1, 0.15) is 5.82 Å². The van der Waals surface area contributed by atoms with Crippen LogP contribution in [0.1, 0.15) is 20.3 Å². The fourth-order valence-corrected chi connectivity index (χ4v) is 3.90. The lowest BCUT2D eigenvalue weighted by Gasteiger charge is -2.40. The Morgan fingerprint density at radius 2 is 1.89 bits per heavy atom. The summed E-state index contributed by atoms with van der Waals surface area (Å²) < 4.78 is 13.2. The number of carbonyl (C=O) groups is 2. The van der Waals surface area contributed by atoms with Crippen molar-refractivity contribution in [2.75, 3.05) is 31.6 Å². The van der Waals surface area contributed by atoms with Gasteiger partial charge in [0, 0.05) is 32.4 Å². The number of nitrogens with zero attached hydrogens (tertiary/aromatic N) is 5. The smallest absolute Gasteiger partial charge is 0.325 e. The van der Waals surface area contributed by atoms with Gasteiger partial charge < -0.3 is 14.7 Å². The third-order valence-corrected chi connectivity index (χ3v) is 5.45. The quantitative estimate of drug-likeness (QED) is 0.810. The van der Waals surface area contributed by atoms with E-state index in [-0.39, 0.29) is 17.8 Å². The van der Waals surface area contributed by atoms with Crippen LogP contribution in [0.5, 0.6) is 0 Å². The molecule has 3 heterocycles. The van der Waals surface area contributed by atoms with Crippen molar-refractivity contribution >= 4 is 23.6 Å². The van der Waals surface area contributed by atoms with E-state index >= 15 is 0 Å². The first kappa shape index (κ1) is 17.8. The fraction of sp³-hybridized carbons (Fsp3) is 0.526. The number of anilines is 1. The Bertz CT molecular complexity index is 794. The highest BCUT2D eigenvalue weighted by atomic mass is 19.1. The molecule has 2 unspecified atom stereocenters. The first-order valence-corrected chi connectivity index (χ1v) is 9.34. The first-order chi connectivity index (χ1) is 12.9. The topological polar surface area (TPSA) is 59.5 Å². The minimum absolute atomic E-state index is 0.177.